The molecule has 1 N–H and O–H groups in total. The predicted octanol–water partition coefficient (Wildman–Crippen LogP) is 3.91. The SMILES string of the molecule is CNC(Cc1ccc(C(C)(C)C)cc1)C1(C)CC1. The Morgan fingerprint density at radius 3 is 2.11 bits per heavy atom. The zero-order valence-electron chi connectivity index (χ0n) is 12.5. The molecule has 1 aliphatic carbocycles. The summed E-state index contributed by atoms with van der Waals surface area (Å²) in [5.74, 6) is 0. The number of hydrogen-bond donors (Lipinski definition) is 1. The average molecular weight is 245 g/mol. The third-order valence-corrected chi connectivity index (χ3v) is 4.49. The fraction of sp³-hybridized carbons (Fsp3) is 0.647. The molecule has 0 aromatic heterocycles. The van der Waals surface area contributed by atoms with Crippen molar-refractivity contribution in [3.63, 3.8) is 0 Å². The zero-order valence-corrected chi connectivity index (χ0v) is 12.5. The highest BCUT2D eigenvalue weighted by atomic mass is 14.9. The molecule has 2 rings (SSSR count). The molecule has 1 atom stereocenters. The Hall–Kier alpha value is -0.820. The first kappa shape index (κ1) is 13.6. The van der Waals surface area contributed by atoms with Crippen molar-refractivity contribution in [3.8, 4) is 0 Å². The highest BCUT2D eigenvalue weighted by Gasteiger charge is 2.43. The molecule has 0 aliphatic heterocycles. The van der Waals surface area contributed by atoms with Gasteiger partial charge in [-0.2, -0.15) is 0 Å². The molecular formula is C17H27N. The van der Waals surface area contributed by atoms with E-state index >= 15 is 0 Å². The highest BCUT2D eigenvalue weighted by molar-refractivity contribution is 5.28. The van der Waals surface area contributed by atoms with E-state index in [0.717, 1.165) is 6.42 Å². The summed E-state index contributed by atoms with van der Waals surface area (Å²) >= 11 is 0. The minimum absolute atomic E-state index is 0.253. The van der Waals surface area contributed by atoms with Crippen molar-refractivity contribution < 1.29 is 0 Å². The molecule has 0 amide bonds. The van der Waals surface area contributed by atoms with Gasteiger partial charge in [-0.25, -0.2) is 0 Å². The summed E-state index contributed by atoms with van der Waals surface area (Å²) in [5.41, 5.74) is 3.67. The molecule has 0 radical (unpaired) electrons. The third kappa shape index (κ3) is 2.95. The van der Waals surface area contributed by atoms with Gasteiger partial charge in [-0.1, -0.05) is 52.0 Å². The van der Waals surface area contributed by atoms with Crippen molar-refractivity contribution in [1.82, 2.24) is 5.32 Å². The van der Waals surface area contributed by atoms with Crippen LogP contribution in [0.15, 0.2) is 24.3 Å². The Balaban J connectivity index is 2.06. The van der Waals surface area contributed by atoms with E-state index in [-0.39, 0.29) is 5.41 Å². The molecule has 0 bridgehead atoms. The number of likely N-dealkylation sites (N-methyl/N-ethyl adjacent to an activating group) is 1. The summed E-state index contributed by atoms with van der Waals surface area (Å²) in [6.07, 6.45) is 3.90. The normalized spacial score (nSPS) is 19.6. The van der Waals surface area contributed by atoms with Gasteiger partial charge in [-0.05, 0) is 48.3 Å². The van der Waals surface area contributed by atoms with Gasteiger partial charge in [-0.3, -0.25) is 0 Å². The Kier molecular flexibility index (Phi) is 3.55. The van der Waals surface area contributed by atoms with Crippen LogP contribution in [0.4, 0.5) is 0 Å². The fourth-order valence-corrected chi connectivity index (χ4v) is 2.62. The minimum Gasteiger partial charge on any atom is -0.316 e. The Morgan fingerprint density at radius 1 is 1.17 bits per heavy atom. The van der Waals surface area contributed by atoms with Crippen LogP contribution < -0.4 is 5.32 Å². The summed E-state index contributed by atoms with van der Waals surface area (Å²) in [4.78, 5) is 0. The molecular weight excluding hydrogens is 218 g/mol. The molecule has 1 unspecified atom stereocenters. The highest BCUT2D eigenvalue weighted by Crippen LogP contribution is 2.48. The molecule has 1 fully saturated rings. The van der Waals surface area contributed by atoms with Crippen LogP contribution in [0.5, 0.6) is 0 Å². The lowest BCUT2D eigenvalue weighted by atomic mass is 9.85. The first-order valence-electron chi connectivity index (χ1n) is 7.12. The molecule has 100 valence electrons. The van der Waals surface area contributed by atoms with Crippen molar-refractivity contribution in [2.45, 2.75) is 58.4 Å². The third-order valence-electron chi connectivity index (χ3n) is 4.49. The second-order valence-electron chi connectivity index (χ2n) is 7.15. The molecule has 1 aliphatic rings. The number of nitrogens with one attached hydrogen (secondary N) is 1. The van der Waals surface area contributed by atoms with Crippen LogP contribution in [-0.2, 0) is 11.8 Å². The lowest BCUT2D eigenvalue weighted by Crippen LogP contribution is -2.35. The molecule has 1 heteroatoms. The predicted molar refractivity (Wildman–Crippen MR) is 79.0 cm³/mol. The molecule has 18 heavy (non-hydrogen) atoms. The van der Waals surface area contributed by atoms with E-state index in [2.05, 4.69) is 64.3 Å². The molecule has 1 aromatic carbocycles. The van der Waals surface area contributed by atoms with Gasteiger partial charge in [0.05, 0.1) is 0 Å². The summed E-state index contributed by atoms with van der Waals surface area (Å²) in [6, 6.07) is 9.81. The lowest BCUT2D eigenvalue weighted by molar-refractivity contribution is 0.376. The average Bonchev–Trinajstić information content (AvgIpc) is 3.04. The van der Waals surface area contributed by atoms with Gasteiger partial charge in [0, 0.05) is 6.04 Å². The number of hydrogen-bond acceptors (Lipinski definition) is 1. The molecule has 0 spiro atoms. The molecule has 1 aromatic rings. The zero-order chi connectivity index (χ0) is 13.4. The van der Waals surface area contributed by atoms with Crippen LogP contribution in [0.3, 0.4) is 0 Å². The van der Waals surface area contributed by atoms with E-state index in [4.69, 9.17) is 0 Å². The summed E-state index contributed by atoms with van der Waals surface area (Å²) in [5, 5.41) is 3.50. The largest absolute Gasteiger partial charge is 0.316 e. The first-order valence-corrected chi connectivity index (χ1v) is 7.12. The molecule has 0 heterocycles. The fourth-order valence-electron chi connectivity index (χ4n) is 2.62. The summed E-state index contributed by atoms with van der Waals surface area (Å²) < 4.78 is 0. The maximum atomic E-state index is 3.50. The summed E-state index contributed by atoms with van der Waals surface area (Å²) in [6.45, 7) is 9.20. The van der Waals surface area contributed by atoms with Gasteiger partial charge in [0.1, 0.15) is 0 Å². The van der Waals surface area contributed by atoms with E-state index in [1.807, 2.05) is 0 Å². The second kappa shape index (κ2) is 4.70. The van der Waals surface area contributed by atoms with E-state index in [1.54, 1.807) is 0 Å². The van der Waals surface area contributed by atoms with E-state index < -0.39 is 0 Å². The number of benzene rings is 1. The van der Waals surface area contributed by atoms with Crippen molar-refractivity contribution in [1.29, 1.82) is 0 Å². The van der Waals surface area contributed by atoms with Crippen LogP contribution in [0, 0.1) is 5.41 Å². The maximum absolute atomic E-state index is 3.50. The van der Waals surface area contributed by atoms with Crippen LogP contribution >= 0.6 is 0 Å². The quantitative estimate of drug-likeness (QED) is 0.848. The monoisotopic (exact) mass is 245 g/mol. The van der Waals surface area contributed by atoms with Gasteiger partial charge in [0.25, 0.3) is 0 Å². The lowest BCUT2D eigenvalue weighted by Gasteiger charge is -2.24. The van der Waals surface area contributed by atoms with Gasteiger partial charge in [-0.15, -0.1) is 0 Å². The molecule has 1 nitrogen and oxygen atoms in total. The molecule has 1 saturated carbocycles. The van der Waals surface area contributed by atoms with Gasteiger partial charge < -0.3 is 5.32 Å². The smallest absolute Gasteiger partial charge is 0.0158 e. The van der Waals surface area contributed by atoms with Crippen molar-refractivity contribution in [2.75, 3.05) is 7.05 Å². The summed E-state index contributed by atoms with van der Waals surface area (Å²) in [7, 11) is 2.10. The van der Waals surface area contributed by atoms with Crippen LogP contribution in [0.25, 0.3) is 0 Å². The van der Waals surface area contributed by atoms with Crippen LogP contribution in [0.2, 0.25) is 0 Å². The molecule has 0 saturated heterocycles. The topological polar surface area (TPSA) is 12.0 Å². The maximum Gasteiger partial charge on any atom is 0.0158 e. The van der Waals surface area contributed by atoms with E-state index in [0.29, 0.717) is 11.5 Å². The van der Waals surface area contributed by atoms with Gasteiger partial charge in [0.15, 0.2) is 0 Å². The Bertz CT molecular complexity index is 393. The van der Waals surface area contributed by atoms with E-state index in [9.17, 15) is 0 Å². The van der Waals surface area contributed by atoms with Crippen LogP contribution in [0.1, 0.15) is 51.7 Å². The van der Waals surface area contributed by atoms with Gasteiger partial charge in [0.2, 0.25) is 0 Å². The minimum atomic E-state index is 0.253. The first-order chi connectivity index (χ1) is 8.35. The van der Waals surface area contributed by atoms with Crippen LogP contribution in [-0.4, -0.2) is 13.1 Å². The van der Waals surface area contributed by atoms with Crippen molar-refractivity contribution in [3.05, 3.63) is 35.4 Å². The standard InChI is InChI=1S/C17H27N/c1-16(2,3)14-8-6-13(7-9-14)12-15(18-5)17(4)10-11-17/h6-9,15,18H,10-12H2,1-5H3. The van der Waals surface area contributed by atoms with Crippen molar-refractivity contribution in [2.24, 2.45) is 5.41 Å². The van der Waals surface area contributed by atoms with Gasteiger partial charge >= 0.3 is 0 Å². The van der Waals surface area contributed by atoms with Crippen molar-refractivity contribution >= 4 is 0 Å². The number of rotatable bonds is 4. The second-order valence-corrected chi connectivity index (χ2v) is 7.15. The Morgan fingerprint density at radius 2 is 1.72 bits per heavy atom. The Labute approximate surface area is 112 Å². The van der Waals surface area contributed by atoms with E-state index in [1.165, 1.54) is 24.0 Å².